The van der Waals surface area contributed by atoms with E-state index in [-0.39, 0.29) is 17.8 Å². The molecule has 0 atom stereocenters. The second-order valence-electron chi connectivity index (χ2n) is 7.27. The summed E-state index contributed by atoms with van der Waals surface area (Å²) in [6, 6.07) is 9.17. The van der Waals surface area contributed by atoms with E-state index in [0.717, 1.165) is 29.7 Å². The van der Waals surface area contributed by atoms with Crippen LogP contribution >= 0.6 is 0 Å². The summed E-state index contributed by atoms with van der Waals surface area (Å²) >= 11 is 0. The third-order valence-electron chi connectivity index (χ3n) is 4.90. The molecule has 27 heavy (non-hydrogen) atoms. The van der Waals surface area contributed by atoms with Crippen molar-refractivity contribution < 1.29 is 23.7 Å². The van der Waals surface area contributed by atoms with E-state index in [1.165, 1.54) is 0 Å². The number of hydrogen-bond donors (Lipinski definition) is 0. The number of carbonyl (C=O) groups is 1. The van der Waals surface area contributed by atoms with Crippen LogP contribution in [0.15, 0.2) is 30.3 Å². The largest absolute Gasteiger partial charge is 0.496 e. The first kappa shape index (κ1) is 19.1. The summed E-state index contributed by atoms with van der Waals surface area (Å²) < 4.78 is 22.2. The Kier molecular flexibility index (Phi) is 5.31. The topological polar surface area (TPSA) is 54.0 Å². The smallest absolute Gasteiger partial charge is 0.170 e. The number of ketones is 1. The molecule has 0 fully saturated rings. The molecule has 0 unspecified atom stereocenters. The number of fused-ring (bicyclic) bond motifs is 1. The van der Waals surface area contributed by atoms with Gasteiger partial charge in [-0.1, -0.05) is 6.07 Å². The van der Waals surface area contributed by atoms with E-state index in [1.807, 2.05) is 24.3 Å². The van der Waals surface area contributed by atoms with E-state index in [9.17, 15) is 4.79 Å². The molecule has 1 aliphatic heterocycles. The monoisotopic (exact) mass is 370 g/mol. The first-order valence-electron chi connectivity index (χ1n) is 9.01. The SMILES string of the molecule is COc1ccc(CC(=O)c2ccc3c(c2OC)CCC(C)(C)O3)cc1OC. The van der Waals surface area contributed by atoms with E-state index in [1.54, 1.807) is 27.4 Å². The van der Waals surface area contributed by atoms with Crippen molar-refractivity contribution in [3.05, 3.63) is 47.0 Å². The molecule has 0 amide bonds. The van der Waals surface area contributed by atoms with Crippen LogP contribution in [0.1, 0.15) is 41.8 Å². The van der Waals surface area contributed by atoms with Gasteiger partial charge < -0.3 is 18.9 Å². The predicted molar refractivity (Wildman–Crippen MR) is 104 cm³/mol. The molecule has 144 valence electrons. The number of benzene rings is 2. The van der Waals surface area contributed by atoms with Gasteiger partial charge in [0.25, 0.3) is 0 Å². The zero-order valence-corrected chi connectivity index (χ0v) is 16.5. The summed E-state index contributed by atoms with van der Waals surface area (Å²) in [6.07, 6.45) is 1.95. The molecule has 2 aromatic carbocycles. The van der Waals surface area contributed by atoms with E-state index >= 15 is 0 Å². The summed E-state index contributed by atoms with van der Waals surface area (Å²) in [5.74, 6) is 2.65. The Hall–Kier alpha value is -2.69. The van der Waals surface area contributed by atoms with Gasteiger partial charge in [0.15, 0.2) is 17.3 Å². The molecule has 5 heteroatoms. The van der Waals surface area contributed by atoms with Crippen LogP contribution in [0.25, 0.3) is 0 Å². The summed E-state index contributed by atoms with van der Waals surface area (Å²) in [5, 5.41) is 0. The van der Waals surface area contributed by atoms with Crippen molar-refractivity contribution in [2.45, 2.75) is 38.7 Å². The van der Waals surface area contributed by atoms with E-state index in [4.69, 9.17) is 18.9 Å². The summed E-state index contributed by atoms with van der Waals surface area (Å²) in [7, 11) is 4.77. The highest BCUT2D eigenvalue weighted by Crippen LogP contribution is 2.40. The van der Waals surface area contributed by atoms with E-state index in [2.05, 4.69) is 13.8 Å². The minimum atomic E-state index is -0.205. The van der Waals surface area contributed by atoms with Crippen LogP contribution < -0.4 is 18.9 Å². The zero-order valence-electron chi connectivity index (χ0n) is 16.5. The van der Waals surface area contributed by atoms with Crippen molar-refractivity contribution in [3.8, 4) is 23.0 Å². The normalized spacial score (nSPS) is 14.7. The second kappa shape index (κ2) is 7.51. The van der Waals surface area contributed by atoms with Gasteiger partial charge in [-0.2, -0.15) is 0 Å². The molecule has 0 N–H and O–H groups in total. The van der Waals surface area contributed by atoms with Crippen LogP contribution in [0.4, 0.5) is 0 Å². The second-order valence-corrected chi connectivity index (χ2v) is 7.27. The lowest BCUT2D eigenvalue weighted by molar-refractivity contribution is 0.0834. The molecule has 0 saturated carbocycles. The van der Waals surface area contributed by atoms with Crippen LogP contribution in [0.5, 0.6) is 23.0 Å². The van der Waals surface area contributed by atoms with Gasteiger partial charge in [0.1, 0.15) is 17.1 Å². The molecule has 0 bridgehead atoms. The number of hydrogen-bond acceptors (Lipinski definition) is 5. The van der Waals surface area contributed by atoms with Crippen molar-refractivity contribution in [1.29, 1.82) is 0 Å². The number of ether oxygens (including phenoxy) is 4. The van der Waals surface area contributed by atoms with Gasteiger partial charge in [-0.05, 0) is 56.5 Å². The van der Waals surface area contributed by atoms with E-state index < -0.39 is 0 Å². The molecule has 1 heterocycles. The third-order valence-corrected chi connectivity index (χ3v) is 4.90. The number of carbonyl (C=O) groups excluding carboxylic acids is 1. The van der Waals surface area contributed by atoms with Crippen LogP contribution in [0, 0.1) is 0 Å². The van der Waals surface area contributed by atoms with Crippen LogP contribution in [-0.2, 0) is 12.8 Å². The van der Waals surface area contributed by atoms with Gasteiger partial charge in [0.2, 0.25) is 0 Å². The predicted octanol–water partition coefficient (Wildman–Crippen LogP) is 4.24. The number of Topliss-reactive ketones (excluding diaryl/α,β-unsaturated/α-hetero) is 1. The first-order chi connectivity index (χ1) is 12.9. The molecular formula is C22H26O5. The maximum Gasteiger partial charge on any atom is 0.170 e. The van der Waals surface area contributed by atoms with Gasteiger partial charge in [0, 0.05) is 12.0 Å². The summed E-state index contributed by atoms with van der Waals surface area (Å²) in [6.45, 7) is 4.14. The first-order valence-corrected chi connectivity index (χ1v) is 9.01. The fourth-order valence-corrected chi connectivity index (χ4v) is 3.44. The molecule has 0 saturated heterocycles. The van der Waals surface area contributed by atoms with Crippen molar-refractivity contribution >= 4 is 5.78 Å². The fraction of sp³-hybridized carbons (Fsp3) is 0.409. The molecule has 3 rings (SSSR count). The van der Waals surface area contributed by atoms with Crippen molar-refractivity contribution in [2.75, 3.05) is 21.3 Å². The highest BCUT2D eigenvalue weighted by molar-refractivity contribution is 6.00. The molecule has 5 nitrogen and oxygen atoms in total. The molecule has 0 aromatic heterocycles. The molecular weight excluding hydrogens is 344 g/mol. The Morgan fingerprint density at radius 1 is 1.04 bits per heavy atom. The highest BCUT2D eigenvalue weighted by Gasteiger charge is 2.30. The number of rotatable bonds is 6. The molecule has 0 spiro atoms. The van der Waals surface area contributed by atoms with Crippen molar-refractivity contribution in [1.82, 2.24) is 0 Å². The lowest BCUT2D eigenvalue weighted by Crippen LogP contribution is -2.32. The van der Waals surface area contributed by atoms with Gasteiger partial charge in [-0.25, -0.2) is 0 Å². The standard InChI is InChI=1S/C22H26O5/c1-22(2)11-10-16-18(27-22)9-7-15(21(16)26-5)17(23)12-14-6-8-19(24-3)20(13-14)25-4/h6-9,13H,10-12H2,1-5H3. The molecule has 0 radical (unpaired) electrons. The Morgan fingerprint density at radius 3 is 2.44 bits per heavy atom. The van der Waals surface area contributed by atoms with Crippen molar-refractivity contribution in [3.63, 3.8) is 0 Å². The Bertz CT molecular complexity index is 854. The van der Waals surface area contributed by atoms with Crippen molar-refractivity contribution in [2.24, 2.45) is 0 Å². The average Bonchev–Trinajstić information content (AvgIpc) is 2.65. The Balaban J connectivity index is 1.89. The van der Waals surface area contributed by atoms with Crippen LogP contribution in [0.2, 0.25) is 0 Å². The Labute approximate surface area is 160 Å². The lowest BCUT2D eigenvalue weighted by atomic mass is 9.91. The van der Waals surface area contributed by atoms with Gasteiger partial charge in [0.05, 0.1) is 26.9 Å². The lowest BCUT2D eigenvalue weighted by Gasteiger charge is -2.33. The molecule has 1 aliphatic rings. The molecule has 2 aromatic rings. The molecule has 0 aliphatic carbocycles. The van der Waals surface area contributed by atoms with Gasteiger partial charge in [-0.3, -0.25) is 4.79 Å². The third kappa shape index (κ3) is 3.87. The average molecular weight is 370 g/mol. The van der Waals surface area contributed by atoms with Crippen LogP contribution in [0.3, 0.4) is 0 Å². The van der Waals surface area contributed by atoms with Gasteiger partial charge >= 0.3 is 0 Å². The maximum absolute atomic E-state index is 13.0. The highest BCUT2D eigenvalue weighted by atomic mass is 16.5. The van der Waals surface area contributed by atoms with E-state index in [0.29, 0.717) is 22.8 Å². The van der Waals surface area contributed by atoms with Crippen LogP contribution in [-0.4, -0.2) is 32.7 Å². The Morgan fingerprint density at radius 2 is 1.78 bits per heavy atom. The van der Waals surface area contributed by atoms with Gasteiger partial charge in [-0.15, -0.1) is 0 Å². The zero-order chi connectivity index (χ0) is 19.6. The maximum atomic E-state index is 13.0. The minimum Gasteiger partial charge on any atom is -0.496 e. The number of methoxy groups -OCH3 is 3. The fourth-order valence-electron chi connectivity index (χ4n) is 3.44. The summed E-state index contributed by atoms with van der Waals surface area (Å²) in [4.78, 5) is 13.0. The quantitative estimate of drug-likeness (QED) is 0.712. The minimum absolute atomic E-state index is 0.00768. The summed E-state index contributed by atoms with van der Waals surface area (Å²) in [5.41, 5.74) is 2.20.